The number of rotatable bonds is 4. The molecule has 2 rings (SSSR count). The zero-order chi connectivity index (χ0) is 14.5. The fraction of sp³-hybridized carbons (Fsp3) is 0.467. The van der Waals surface area contributed by atoms with Crippen LogP contribution in [0.3, 0.4) is 0 Å². The van der Waals surface area contributed by atoms with E-state index in [4.69, 9.17) is 4.84 Å². The maximum atomic E-state index is 11.2. The van der Waals surface area contributed by atoms with E-state index in [0.29, 0.717) is 19.5 Å². The molecule has 108 valence electrons. The summed E-state index contributed by atoms with van der Waals surface area (Å²) in [6.07, 6.45) is 0.396. The smallest absolute Gasteiger partial charge is 0.324 e. The third-order valence-corrected chi connectivity index (χ3v) is 3.40. The molecule has 1 aromatic rings. The Morgan fingerprint density at radius 2 is 1.70 bits per heavy atom. The Labute approximate surface area is 119 Å². The van der Waals surface area contributed by atoms with Gasteiger partial charge in [0.05, 0.1) is 13.1 Å². The highest BCUT2D eigenvalue weighted by Crippen LogP contribution is 2.17. The Balaban J connectivity index is 1.90. The summed E-state index contributed by atoms with van der Waals surface area (Å²) in [6, 6.07) is 7.62. The second-order valence-electron chi connectivity index (χ2n) is 4.84. The fourth-order valence-electron chi connectivity index (χ4n) is 2.15. The maximum Gasteiger partial charge on any atom is 0.324 e. The number of nitrogens with zero attached hydrogens (tertiary/aromatic N) is 2. The molecule has 1 aliphatic rings. The summed E-state index contributed by atoms with van der Waals surface area (Å²) in [5.74, 6) is -0.114. The highest BCUT2D eigenvalue weighted by atomic mass is 16.7. The van der Waals surface area contributed by atoms with Gasteiger partial charge >= 0.3 is 5.97 Å². The number of ketones is 1. The Hall–Kier alpha value is -1.88. The number of hydrogen-bond acceptors (Lipinski definition) is 5. The van der Waals surface area contributed by atoms with E-state index in [9.17, 15) is 9.59 Å². The molecular formula is C15H20N2O3. The molecule has 1 aromatic carbocycles. The first-order valence-electron chi connectivity index (χ1n) is 6.92. The molecular weight excluding hydrogens is 256 g/mol. The molecule has 20 heavy (non-hydrogen) atoms. The summed E-state index contributed by atoms with van der Waals surface area (Å²) < 4.78 is 0. The summed E-state index contributed by atoms with van der Waals surface area (Å²) in [7, 11) is 0. The van der Waals surface area contributed by atoms with Crippen molar-refractivity contribution in [3.05, 3.63) is 29.8 Å². The predicted octanol–water partition coefficient (Wildman–Crippen LogP) is 1.88. The highest BCUT2D eigenvalue weighted by molar-refractivity contribution is 5.94. The van der Waals surface area contributed by atoms with Gasteiger partial charge in [0, 0.05) is 30.8 Å². The summed E-state index contributed by atoms with van der Waals surface area (Å²) in [5.41, 5.74) is 1.82. The van der Waals surface area contributed by atoms with Crippen molar-refractivity contribution in [1.29, 1.82) is 0 Å². The van der Waals surface area contributed by atoms with E-state index in [1.54, 1.807) is 18.9 Å². The van der Waals surface area contributed by atoms with Gasteiger partial charge in [-0.2, -0.15) is 0 Å². The number of Topliss-reactive ketones (excluding diaryl/α,β-unsaturated/α-hetero) is 1. The largest absolute Gasteiger partial charge is 0.369 e. The molecule has 0 bridgehead atoms. The normalized spacial score (nSPS) is 16.0. The molecule has 5 heteroatoms. The second-order valence-corrected chi connectivity index (χ2v) is 4.84. The molecule has 1 saturated heterocycles. The molecule has 0 atom stereocenters. The van der Waals surface area contributed by atoms with Gasteiger partial charge in [-0.25, -0.2) is 0 Å². The van der Waals surface area contributed by atoms with Crippen LogP contribution < -0.4 is 4.90 Å². The first-order valence-corrected chi connectivity index (χ1v) is 6.92. The second kappa shape index (κ2) is 6.52. The molecule has 1 heterocycles. The Morgan fingerprint density at radius 3 is 2.20 bits per heavy atom. The average Bonchev–Trinajstić information content (AvgIpc) is 2.48. The van der Waals surface area contributed by atoms with E-state index in [1.807, 2.05) is 24.3 Å². The fourth-order valence-corrected chi connectivity index (χ4v) is 2.15. The van der Waals surface area contributed by atoms with Gasteiger partial charge in [-0.15, -0.1) is 5.06 Å². The van der Waals surface area contributed by atoms with Crippen LogP contribution >= 0.6 is 0 Å². The number of hydroxylamine groups is 2. The van der Waals surface area contributed by atoms with Crippen LogP contribution in [-0.4, -0.2) is 43.0 Å². The quantitative estimate of drug-likeness (QED) is 0.786. The molecule has 1 fully saturated rings. The molecule has 0 saturated carbocycles. The lowest BCUT2D eigenvalue weighted by Crippen LogP contribution is -2.47. The van der Waals surface area contributed by atoms with Crippen molar-refractivity contribution >= 4 is 17.4 Å². The summed E-state index contributed by atoms with van der Waals surface area (Å²) >= 11 is 0. The first-order chi connectivity index (χ1) is 9.60. The van der Waals surface area contributed by atoms with Gasteiger partial charge in [-0.1, -0.05) is 6.92 Å². The van der Waals surface area contributed by atoms with E-state index in [1.165, 1.54) is 0 Å². The van der Waals surface area contributed by atoms with Crippen molar-refractivity contribution in [2.24, 2.45) is 0 Å². The molecule has 0 radical (unpaired) electrons. The third kappa shape index (κ3) is 3.57. The molecule has 0 aliphatic carbocycles. The minimum atomic E-state index is -0.190. The zero-order valence-corrected chi connectivity index (χ0v) is 12.0. The van der Waals surface area contributed by atoms with Crippen LogP contribution in [-0.2, 0) is 9.63 Å². The average molecular weight is 276 g/mol. The van der Waals surface area contributed by atoms with Crippen LogP contribution in [0.15, 0.2) is 24.3 Å². The molecule has 5 nitrogen and oxygen atoms in total. The SMILES string of the molecule is CCC(=O)ON1CCN(c2ccc(C(C)=O)cc2)CC1. The zero-order valence-electron chi connectivity index (χ0n) is 12.0. The standard InChI is InChI=1S/C15H20N2O3/c1-3-15(19)20-17-10-8-16(9-11-17)14-6-4-13(5-7-14)12(2)18/h4-7H,3,8-11H2,1-2H3. The van der Waals surface area contributed by atoms with Gasteiger partial charge in [-0.3, -0.25) is 9.59 Å². The van der Waals surface area contributed by atoms with E-state index in [0.717, 1.165) is 24.3 Å². The van der Waals surface area contributed by atoms with Crippen LogP contribution in [0.25, 0.3) is 0 Å². The van der Waals surface area contributed by atoms with E-state index >= 15 is 0 Å². The predicted molar refractivity (Wildman–Crippen MR) is 76.6 cm³/mol. The minimum Gasteiger partial charge on any atom is -0.369 e. The Bertz CT molecular complexity index is 476. The van der Waals surface area contributed by atoms with Crippen molar-refractivity contribution < 1.29 is 14.4 Å². The van der Waals surface area contributed by atoms with Crippen molar-refractivity contribution in [2.45, 2.75) is 20.3 Å². The van der Waals surface area contributed by atoms with Crippen LogP contribution in [0.2, 0.25) is 0 Å². The van der Waals surface area contributed by atoms with Gasteiger partial charge in [0.2, 0.25) is 0 Å². The minimum absolute atomic E-state index is 0.0767. The lowest BCUT2D eigenvalue weighted by molar-refractivity contribution is -0.191. The monoisotopic (exact) mass is 276 g/mol. The van der Waals surface area contributed by atoms with Gasteiger partial charge in [0.1, 0.15) is 0 Å². The Kier molecular flexibility index (Phi) is 4.74. The van der Waals surface area contributed by atoms with Crippen molar-refractivity contribution in [3.63, 3.8) is 0 Å². The molecule has 0 unspecified atom stereocenters. The molecule has 0 aromatic heterocycles. The molecule has 0 spiro atoms. The maximum absolute atomic E-state index is 11.2. The Morgan fingerprint density at radius 1 is 1.10 bits per heavy atom. The van der Waals surface area contributed by atoms with Gasteiger partial charge in [0.15, 0.2) is 5.78 Å². The van der Waals surface area contributed by atoms with Crippen molar-refractivity contribution in [3.8, 4) is 0 Å². The summed E-state index contributed by atoms with van der Waals surface area (Å²) in [5, 5.41) is 1.71. The van der Waals surface area contributed by atoms with Gasteiger partial charge in [-0.05, 0) is 31.2 Å². The molecule has 0 N–H and O–H groups in total. The number of hydrogen-bond donors (Lipinski definition) is 0. The molecule has 0 amide bonds. The van der Waals surface area contributed by atoms with Crippen LogP contribution in [0, 0.1) is 0 Å². The van der Waals surface area contributed by atoms with Crippen molar-refractivity contribution in [1.82, 2.24) is 5.06 Å². The topological polar surface area (TPSA) is 49.9 Å². The lowest BCUT2D eigenvalue weighted by atomic mass is 10.1. The highest BCUT2D eigenvalue weighted by Gasteiger charge is 2.19. The summed E-state index contributed by atoms with van der Waals surface area (Å²) in [4.78, 5) is 29.9. The number of piperazine rings is 1. The lowest BCUT2D eigenvalue weighted by Gasteiger charge is -2.34. The van der Waals surface area contributed by atoms with Crippen LogP contribution in [0.1, 0.15) is 30.6 Å². The number of carbonyl (C=O) groups is 2. The van der Waals surface area contributed by atoms with Gasteiger partial charge < -0.3 is 9.74 Å². The number of carbonyl (C=O) groups excluding carboxylic acids is 2. The van der Waals surface area contributed by atoms with Crippen LogP contribution in [0.4, 0.5) is 5.69 Å². The molecule has 1 aliphatic heterocycles. The number of anilines is 1. The van der Waals surface area contributed by atoms with E-state index in [2.05, 4.69) is 4.90 Å². The van der Waals surface area contributed by atoms with Crippen molar-refractivity contribution in [2.75, 3.05) is 31.1 Å². The third-order valence-electron chi connectivity index (χ3n) is 3.40. The first kappa shape index (κ1) is 14.5. The van der Waals surface area contributed by atoms with E-state index < -0.39 is 0 Å². The van der Waals surface area contributed by atoms with Gasteiger partial charge in [0.25, 0.3) is 0 Å². The number of benzene rings is 1. The van der Waals surface area contributed by atoms with E-state index in [-0.39, 0.29) is 11.8 Å². The summed E-state index contributed by atoms with van der Waals surface area (Å²) in [6.45, 7) is 6.35. The van der Waals surface area contributed by atoms with Crippen LogP contribution in [0.5, 0.6) is 0 Å².